The molecule has 18 heavy (non-hydrogen) atoms. The molecule has 0 spiro atoms. The Labute approximate surface area is 107 Å². The van der Waals surface area contributed by atoms with Gasteiger partial charge in [0.05, 0.1) is 5.92 Å². The molecule has 100 valence electrons. The zero-order valence-electron chi connectivity index (χ0n) is 10.4. The van der Waals surface area contributed by atoms with Crippen LogP contribution in [0.3, 0.4) is 0 Å². The zero-order valence-corrected chi connectivity index (χ0v) is 10.4. The maximum atomic E-state index is 11.6. The second-order valence-corrected chi connectivity index (χ2v) is 4.87. The lowest BCUT2D eigenvalue weighted by molar-refractivity contribution is -0.120. The number of phenolic OH excluding ortho intramolecular Hbond substituents is 1. The number of phenols is 1. The number of hydrogen-bond acceptors (Lipinski definition) is 2. The molecule has 1 aliphatic rings. The molecule has 1 atom stereocenters. The number of amides is 1. The highest BCUT2D eigenvalue weighted by Crippen LogP contribution is 2.36. The van der Waals surface area contributed by atoms with Crippen LogP contribution in [-0.4, -0.2) is 16.5 Å². The Balaban J connectivity index is 0.00000162. The van der Waals surface area contributed by atoms with Crippen molar-refractivity contribution in [3.8, 4) is 5.75 Å². The summed E-state index contributed by atoms with van der Waals surface area (Å²) in [6.45, 7) is 0. The molecule has 0 saturated heterocycles. The summed E-state index contributed by atoms with van der Waals surface area (Å²) in [7, 11) is 0. The molecule has 1 saturated carbocycles. The van der Waals surface area contributed by atoms with Gasteiger partial charge in [0.1, 0.15) is 5.75 Å². The number of hydrogen-bond donors (Lipinski definition) is 2. The van der Waals surface area contributed by atoms with Crippen molar-refractivity contribution < 1.29 is 15.4 Å². The largest absolute Gasteiger partial charge is 0.508 e. The molecule has 4 heteroatoms. The van der Waals surface area contributed by atoms with Crippen molar-refractivity contribution in [2.45, 2.75) is 38.0 Å². The van der Waals surface area contributed by atoms with Gasteiger partial charge in [-0.25, -0.2) is 0 Å². The summed E-state index contributed by atoms with van der Waals surface area (Å²) in [4.78, 5) is 11.6. The van der Waals surface area contributed by atoms with Crippen LogP contribution in [0.1, 0.15) is 43.6 Å². The third kappa shape index (κ3) is 3.23. The number of rotatable bonds is 3. The average molecular weight is 251 g/mol. The minimum Gasteiger partial charge on any atom is -0.508 e. The molecular weight excluding hydrogens is 230 g/mol. The van der Waals surface area contributed by atoms with Crippen LogP contribution in [0.4, 0.5) is 0 Å². The molecule has 0 aromatic heterocycles. The highest BCUT2D eigenvalue weighted by Gasteiger charge is 2.29. The van der Waals surface area contributed by atoms with E-state index in [0.717, 1.165) is 18.4 Å². The second-order valence-electron chi connectivity index (χ2n) is 4.87. The first kappa shape index (κ1) is 14.5. The first-order valence-corrected chi connectivity index (χ1v) is 6.26. The quantitative estimate of drug-likeness (QED) is 0.855. The van der Waals surface area contributed by atoms with E-state index in [9.17, 15) is 9.90 Å². The molecule has 0 heterocycles. The summed E-state index contributed by atoms with van der Waals surface area (Å²) in [5, 5.41) is 9.27. The Kier molecular flexibility index (Phi) is 5.16. The molecule has 1 fully saturated rings. The van der Waals surface area contributed by atoms with E-state index in [-0.39, 0.29) is 23.1 Å². The summed E-state index contributed by atoms with van der Waals surface area (Å²) >= 11 is 0. The van der Waals surface area contributed by atoms with Crippen molar-refractivity contribution in [3.63, 3.8) is 0 Å². The fraction of sp³-hybridized carbons (Fsp3) is 0.500. The van der Waals surface area contributed by atoms with Crippen molar-refractivity contribution in [1.82, 2.24) is 0 Å². The average Bonchev–Trinajstić information content (AvgIpc) is 2.33. The molecule has 5 N–H and O–H groups in total. The molecule has 0 bridgehead atoms. The van der Waals surface area contributed by atoms with Crippen molar-refractivity contribution in [1.29, 1.82) is 0 Å². The van der Waals surface area contributed by atoms with E-state index in [1.54, 1.807) is 24.3 Å². The van der Waals surface area contributed by atoms with Gasteiger partial charge in [-0.15, -0.1) is 0 Å². The number of benzene rings is 1. The van der Waals surface area contributed by atoms with E-state index in [2.05, 4.69) is 0 Å². The Morgan fingerprint density at radius 1 is 1.17 bits per heavy atom. The monoisotopic (exact) mass is 251 g/mol. The highest BCUT2D eigenvalue weighted by atomic mass is 16.3. The van der Waals surface area contributed by atoms with Gasteiger partial charge in [0, 0.05) is 0 Å². The fourth-order valence-corrected chi connectivity index (χ4v) is 2.82. The van der Waals surface area contributed by atoms with E-state index in [0.29, 0.717) is 5.92 Å². The molecule has 1 amide bonds. The van der Waals surface area contributed by atoms with Gasteiger partial charge in [0.25, 0.3) is 0 Å². The van der Waals surface area contributed by atoms with Crippen LogP contribution in [0.15, 0.2) is 24.3 Å². The number of nitrogens with two attached hydrogens (primary N) is 1. The minimum absolute atomic E-state index is 0. The number of carbonyl (C=O) groups excluding carboxylic acids is 1. The predicted octanol–water partition coefficient (Wildman–Crippen LogP) is 1.72. The van der Waals surface area contributed by atoms with Gasteiger partial charge >= 0.3 is 0 Å². The summed E-state index contributed by atoms with van der Waals surface area (Å²) in [6, 6.07) is 6.85. The van der Waals surface area contributed by atoms with Crippen LogP contribution in [0.5, 0.6) is 5.75 Å². The first-order valence-electron chi connectivity index (χ1n) is 6.26. The molecule has 1 unspecified atom stereocenters. The second kappa shape index (κ2) is 6.40. The Bertz CT molecular complexity index is 383. The summed E-state index contributed by atoms with van der Waals surface area (Å²) < 4.78 is 0. The molecule has 2 rings (SSSR count). The van der Waals surface area contributed by atoms with Gasteiger partial charge in [-0.2, -0.15) is 0 Å². The molecule has 0 radical (unpaired) electrons. The Morgan fingerprint density at radius 2 is 1.72 bits per heavy atom. The highest BCUT2D eigenvalue weighted by molar-refractivity contribution is 5.82. The topological polar surface area (TPSA) is 94.8 Å². The third-order valence-electron chi connectivity index (χ3n) is 3.68. The van der Waals surface area contributed by atoms with E-state index < -0.39 is 0 Å². The van der Waals surface area contributed by atoms with Crippen molar-refractivity contribution in [2.75, 3.05) is 0 Å². The Hall–Kier alpha value is -1.55. The van der Waals surface area contributed by atoms with Crippen LogP contribution >= 0.6 is 0 Å². The van der Waals surface area contributed by atoms with Crippen LogP contribution in [0, 0.1) is 5.92 Å². The molecular formula is C14H21NO3. The van der Waals surface area contributed by atoms with Crippen molar-refractivity contribution >= 4 is 5.91 Å². The van der Waals surface area contributed by atoms with Crippen LogP contribution in [0.2, 0.25) is 0 Å². The SMILES string of the molecule is NC(=O)C(c1ccc(O)cc1)C1CCCCC1.O. The molecule has 1 aromatic carbocycles. The summed E-state index contributed by atoms with van der Waals surface area (Å²) in [5.74, 6) is 0.143. The standard InChI is InChI=1S/C14H19NO2.H2O/c15-14(17)13(10-4-2-1-3-5-10)11-6-8-12(16)9-7-11;/h6-10,13,16H,1-5H2,(H2,15,17);1H2. The molecule has 1 aromatic rings. The maximum Gasteiger partial charge on any atom is 0.225 e. The predicted molar refractivity (Wildman–Crippen MR) is 70.2 cm³/mol. The van der Waals surface area contributed by atoms with Crippen LogP contribution in [0.25, 0.3) is 0 Å². The molecule has 1 aliphatic carbocycles. The first-order chi connectivity index (χ1) is 8.18. The summed E-state index contributed by atoms with van der Waals surface area (Å²) in [6.07, 6.45) is 5.79. The molecule has 4 nitrogen and oxygen atoms in total. The number of primary amides is 1. The molecule has 0 aliphatic heterocycles. The van der Waals surface area contributed by atoms with E-state index in [1.807, 2.05) is 0 Å². The number of carbonyl (C=O) groups is 1. The number of aromatic hydroxyl groups is 1. The van der Waals surface area contributed by atoms with Crippen molar-refractivity contribution in [3.05, 3.63) is 29.8 Å². The summed E-state index contributed by atoms with van der Waals surface area (Å²) in [5.41, 5.74) is 6.47. The van der Waals surface area contributed by atoms with E-state index in [1.165, 1.54) is 19.3 Å². The van der Waals surface area contributed by atoms with Gasteiger partial charge in [-0.1, -0.05) is 31.4 Å². The Morgan fingerprint density at radius 3 is 2.22 bits per heavy atom. The fourth-order valence-electron chi connectivity index (χ4n) is 2.82. The lowest BCUT2D eigenvalue weighted by atomic mass is 9.76. The maximum absolute atomic E-state index is 11.6. The zero-order chi connectivity index (χ0) is 12.3. The smallest absolute Gasteiger partial charge is 0.225 e. The van der Waals surface area contributed by atoms with Gasteiger partial charge in [0.2, 0.25) is 5.91 Å². The van der Waals surface area contributed by atoms with Crippen molar-refractivity contribution in [2.24, 2.45) is 11.7 Å². The lowest BCUT2D eigenvalue weighted by Gasteiger charge is -2.28. The van der Waals surface area contributed by atoms with Crippen LogP contribution < -0.4 is 5.73 Å². The lowest BCUT2D eigenvalue weighted by Crippen LogP contribution is -2.29. The van der Waals surface area contributed by atoms with E-state index >= 15 is 0 Å². The van der Waals surface area contributed by atoms with Gasteiger partial charge in [0.15, 0.2) is 0 Å². The van der Waals surface area contributed by atoms with Gasteiger partial charge < -0.3 is 16.3 Å². The van der Waals surface area contributed by atoms with Gasteiger partial charge in [-0.05, 0) is 36.5 Å². The van der Waals surface area contributed by atoms with Crippen LogP contribution in [-0.2, 0) is 4.79 Å². The van der Waals surface area contributed by atoms with E-state index in [4.69, 9.17) is 5.73 Å². The normalized spacial score (nSPS) is 17.8. The third-order valence-corrected chi connectivity index (χ3v) is 3.68. The minimum atomic E-state index is -0.248. The van der Waals surface area contributed by atoms with Gasteiger partial charge in [-0.3, -0.25) is 4.79 Å².